The van der Waals surface area contributed by atoms with Gasteiger partial charge in [-0.25, -0.2) is 18.7 Å². The second kappa shape index (κ2) is 12.8. The number of anilines is 3. The van der Waals surface area contributed by atoms with Crippen LogP contribution in [0.2, 0.25) is 5.02 Å². The molecule has 12 heteroatoms. The fraction of sp³-hybridized carbons (Fsp3) is 0.296. The Labute approximate surface area is 229 Å². The Kier molecular flexibility index (Phi) is 9.28. The van der Waals surface area contributed by atoms with E-state index in [1.165, 1.54) is 24.5 Å². The van der Waals surface area contributed by atoms with Crippen LogP contribution in [0.25, 0.3) is 6.08 Å². The van der Waals surface area contributed by atoms with E-state index in [1.54, 1.807) is 30.3 Å². The van der Waals surface area contributed by atoms with E-state index in [0.29, 0.717) is 66.8 Å². The molecule has 3 aromatic rings. The summed E-state index contributed by atoms with van der Waals surface area (Å²) in [4.78, 5) is 21.4. The molecule has 0 aliphatic carbocycles. The lowest BCUT2D eigenvalue weighted by Gasteiger charge is -2.15. The minimum Gasteiger partial charge on any atom is -0.456 e. The van der Waals surface area contributed by atoms with Crippen LogP contribution in [-0.4, -0.2) is 53.8 Å². The third-order valence-electron chi connectivity index (χ3n) is 5.82. The highest BCUT2D eigenvalue weighted by atomic mass is 35.5. The maximum atomic E-state index is 13.7. The molecule has 0 spiro atoms. The van der Waals surface area contributed by atoms with E-state index in [1.807, 2.05) is 0 Å². The number of ether oxygens (including phenoxy) is 1. The molecule has 0 saturated carbocycles. The van der Waals surface area contributed by atoms with Crippen molar-refractivity contribution in [1.82, 2.24) is 20.6 Å². The van der Waals surface area contributed by atoms with Crippen LogP contribution >= 0.6 is 11.6 Å². The second-order valence-electron chi connectivity index (χ2n) is 8.85. The first kappa shape index (κ1) is 28.2. The minimum atomic E-state index is -2.99. The summed E-state index contributed by atoms with van der Waals surface area (Å²) in [6, 6.07) is 10.7. The van der Waals surface area contributed by atoms with Gasteiger partial charge in [0.05, 0.1) is 17.2 Å². The van der Waals surface area contributed by atoms with Crippen molar-refractivity contribution in [3.8, 4) is 11.5 Å². The molecule has 1 aliphatic heterocycles. The fourth-order valence-electron chi connectivity index (χ4n) is 3.85. The topological polar surface area (TPSA) is 120 Å². The number of aromatic nitrogens is 2. The average molecular weight is 559 g/mol. The molecular formula is C27H29ClF2N6O3. The van der Waals surface area contributed by atoms with E-state index >= 15 is 0 Å². The number of aliphatic hydroxyl groups is 1. The predicted octanol–water partition coefficient (Wildman–Crippen LogP) is 4.67. The summed E-state index contributed by atoms with van der Waals surface area (Å²) in [5, 5.41) is 21.4. The number of alkyl halides is 2. The average Bonchev–Trinajstić information content (AvgIpc) is 3.13. The van der Waals surface area contributed by atoms with Crippen LogP contribution < -0.4 is 26.0 Å². The molecule has 2 heterocycles. The molecule has 0 saturated heterocycles. The third-order valence-corrected chi connectivity index (χ3v) is 6.12. The summed E-state index contributed by atoms with van der Waals surface area (Å²) in [5.74, 6) is -1.60. The van der Waals surface area contributed by atoms with Crippen LogP contribution in [0.1, 0.15) is 24.5 Å². The van der Waals surface area contributed by atoms with E-state index < -0.39 is 5.92 Å². The van der Waals surface area contributed by atoms with Crippen molar-refractivity contribution in [2.45, 2.75) is 19.3 Å². The first-order chi connectivity index (χ1) is 18.7. The zero-order valence-corrected chi connectivity index (χ0v) is 22.0. The van der Waals surface area contributed by atoms with Crippen LogP contribution in [0.3, 0.4) is 0 Å². The van der Waals surface area contributed by atoms with Crippen molar-refractivity contribution in [2.75, 3.05) is 43.4 Å². The van der Waals surface area contributed by atoms with Crippen molar-refractivity contribution >= 4 is 40.9 Å². The number of hydrogen-bond donors (Lipinski definition) is 5. The fourth-order valence-corrected chi connectivity index (χ4v) is 4.07. The van der Waals surface area contributed by atoms with Gasteiger partial charge in [0.1, 0.15) is 29.5 Å². The highest BCUT2D eigenvalue weighted by Crippen LogP contribution is 2.36. The molecule has 0 fully saturated rings. The molecule has 9 nitrogen and oxygen atoms in total. The smallest absolute Gasteiger partial charge is 0.270 e. The van der Waals surface area contributed by atoms with Crippen molar-refractivity contribution in [1.29, 1.82) is 0 Å². The number of carbonyl (C=O) groups excluding carboxylic acids is 1. The summed E-state index contributed by atoms with van der Waals surface area (Å²) in [7, 11) is 0. The molecule has 0 unspecified atom stereocenters. The van der Waals surface area contributed by atoms with Gasteiger partial charge in [-0.3, -0.25) is 4.79 Å². The number of nitrogens with one attached hydrogen (secondary N) is 4. The Morgan fingerprint density at radius 3 is 2.79 bits per heavy atom. The monoisotopic (exact) mass is 558 g/mol. The summed E-state index contributed by atoms with van der Waals surface area (Å²) in [6.07, 6.45) is 3.66. The Morgan fingerprint density at radius 2 is 2.03 bits per heavy atom. The van der Waals surface area contributed by atoms with Gasteiger partial charge in [-0.2, -0.15) is 0 Å². The van der Waals surface area contributed by atoms with Crippen molar-refractivity contribution < 1.29 is 23.4 Å². The third kappa shape index (κ3) is 7.62. The molecule has 1 aliphatic rings. The number of rotatable bonds is 11. The number of hydrogen-bond acceptors (Lipinski definition) is 8. The van der Waals surface area contributed by atoms with Gasteiger partial charge in [0.25, 0.3) is 5.92 Å². The molecule has 0 radical (unpaired) electrons. The van der Waals surface area contributed by atoms with E-state index in [9.17, 15) is 13.6 Å². The lowest BCUT2D eigenvalue weighted by Crippen LogP contribution is -2.33. The van der Waals surface area contributed by atoms with Gasteiger partial charge >= 0.3 is 0 Å². The van der Waals surface area contributed by atoms with Crippen LogP contribution in [0.5, 0.6) is 11.5 Å². The molecule has 5 N–H and O–H groups in total. The number of amides is 1. The highest BCUT2D eigenvalue weighted by molar-refractivity contribution is 6.32. The molecule has 0 atom stereocenters. The summed E-state index contributed by atoms with van der Waals surface area (Å²) in [6.45, 7) is 2.81. The number of fused-ring (bicyclic) bond motifs is 1. The lowest BCUT2D eigenvalue weighted by atomic mass is 10.1. The van der Waals surface area contributed by atoms with Gasteiger partial charge in [0.15, 0.2) is 0 Å². The molecule has 2 aromatic carbocycles. The number of carbonyl (C=O) groups is 1. The van der Waals surface area contributed by atoms with E-state index in [0.717, 1.165) is 6.92 Å². The second-order valence-corrected chi connectivity index (χ2v) is 9.26. The van der Waals surface area contributed by atoms with Crippen molar-refractivity contribution in [2.24, 2.45) is 0 Å². The van der Waals surface area contributed by atoms with E-state index in [4.69, 9.17) is 21.4 Å². The number of aliphatic hydroxyl groups excluding tert-OH is 1. The minimum absolute atomic E-state index is 0.0343. The summed E-state index contributed by atoms with van der Waals surface area (Å²) >= 11 is 6.45. The summed E-state index contributed by atoms with van der Waals surface area (Å²) in [5.41, 5.74) is 1.63. The number of nitrogens with zero attached hydrogens (tertiary/aromatic N) is 2. The van der Waals surface area contributed by atoms with Gasteiger partial charge in [-0.15, -0.1) is 0 Å². The molecular weight excluding hydrogens is 530 g/mol. The van der Waals surface area contributed by atoms with Crippen LogP contribution in [-0.2, 0) is 10.7 Å². The van der Waals surface area contributed by atoms with Crippen LogP contribution in [0.15, 0.2) is 54.4 Å². The van der Waals surface area contributed by atoms with Gasteiger partial charge in [-0.05, 0) is 42.8 Å². The first-order valence-electron chi connectivity index (χ1n) is 12.4. The standard InChI is InChI=1S/C27H29ClF2N6O3/c1-27(29,30)18-3-2-4-20(14-18)39-23-6-5-19(15-22(23)28)36-25-21-13-17(7-8-32-24(21)34-16-35-25)26(38)33-10-9-31-11-12-37/h2-6,13-16,31,37H,7-12H2,1H3,(H,33,38)(H2,32,34,35,36). The Hall–Kier alpha value is -3.80. The van der Waals surface area contributed by atoms with Crippen LogP contribution in [0, 0.1) is 0 Å². The Morgan fingerprint density at radius 1 is 1.18 bits per heavy atom. The van der Waals surface area contributed by atoms with Gasteiger partial charge in [-0.1, -0.05) is 23.7 Å². The SMILES string of the molecule is CC(F)(F)c1cccc(Oc2ccc(Nc3ncnc4c3C=C(C(=O)NCCNCCO)CCN4)cc2Cl)c1. The number of halogens is 3. The molecule has 4 rings (SSSR count). The quantitative estimate of drug-likeness (QED) is 0.215. The zero-order valence-electron chi connectivity index (χ0n) is 21.2. The number of benzene rings is 2. The first-order valence-corrected chi connectivity index (χ1v) is 12.7. The normalized spacial score (nSPS) is 13.0. The Balaban J connectivity index is 1.50. The van der Waals surface area contributed by atoms with Gasteiger partial charge < -0.3 is 31.1 Å². The van der Waals surface area contributed by atoms with Crippen molar-refractivity contribution in [3.63, 3.8) is 0 Å². The van der Waals surface area contributed by atoms with Gasteiger partial charge in [0.2, 0.25) is 5.91 Å². The zero-order chi connectivity index (χ0) is 27.8. The van der Waals surface area contributed by atoms with Crippen LogP contribution in [0.4, 0.5) is 26.1 Å². The molecule has 1 aromatic heterocycles. The summed E-state index contributed by atoms with van der Waals surface area (Å²) < 4.78 is 33.1. The van der Waals surface area contributed by atoms with Gasteiger partial charge in [0, 0.05) is 49.9 Å². The molecule has 206 valence electrons. The lowest BCUT2D eigenvalue weighted by molar-refractivity contribution is -0.117. The Bertz CT molecular complexity index is 1350. The molecule has 1 amide bonds. The largest absolute Gasteiger partial charge is 0.456 e. The predicted molar refractivity (Wildman–Crippen MR) is 147 cm³/mol. The highest BCUT2D eigenvalue weighted by Gasteiger charge is 2.24. The molecule has 39 heavy (non-hydrogen) atoms. The van der Waals surface area contributed by atoms with E-state index in [-0.39, 0.29) is 28.8 Å². The maximum Gasteiger partial charge on any atom is 0.270 e. The maximum absolute atomic E-state index is 13.7. The van der Waals surface area contributed by atoms with E-state index in [2.05, 4.69) is 31.2 Å². The molecule has 0 bridgehead atoms. The van der Waals surface area contributed by atoms with Crippen molar-refractivity contribution in [3.05, 3.63) is 70.5 Å².